The maximum absolute atomic E-state index is 2.99. The van der Waals surface area contributed by atoms with E-state index in [0.29, 0.717) is 0 Å². The number of allylic oxidation sites excluding steroid dienone is 4. The number of benzene rings is 8. The van der Waals surface area contributed by atoms with Gasteiger partial charge in [-0.1, -0.05) is 114 Å². The van der Waals surface area contributed by atoms with Crippen LogP contribution in [0.1, 0.15) is 93.2 Å². The van der Waals surface area contributed by atoms with Crippen LogP contribution in [0.4, 0.5) is 0 Å². The molecule has 0 fully saturated rings. The third-order valence-electron chi connectivity index (χ3n) is 12.5. The van der Waals surface area contributed by atoms with Crippen LogP contribution in [0.5, 0.6) is 0 Å². The summed E-state index contributed by atoms with van der Waals surface area (Å²) in [5.74, 6) is 0.567. The second kappa shape index (κ2) is 23.6. The van der Waals surface area contributed by atoms with Crippen molar-refractivity contribution in [2.75, 3.05) is 0 Å². The molecule has 1 aliphatic carbocycles. The molecule has 0 aromatic heterocycles. The summed E-state index contributed by atoms with van der Waals surface area (Å²) in [6, 6.07) is 77.4. The Kier molecular flexibility index (Phi) is 18.0. The zero-order chi connectivity index (χ0) is 46.1. The topological polar surface area (TPSA) is 0 Å². The van der Waals surface area contributed by atoms with Crippen LogP contribution in [0.2, 0.25) is 0 Å². The van der Waals surface area contributed by atoms with Gasteiger partial charge < -0.3 is 0 Å². The van der Waals surface area contributed by atoms with Crippen molar-refractivity contribution in [1.29, 1.82) is 0 Å². The second-order valence-corrected chi connectivity index (χ2v) is 20.7. The number of hydrogen-bond donors (Lipinski definition) is 0. The van der Waals surface area contributed by atoms with E-state index in [1.54, 1.807) is 0 Å². The fourth-order valence-electron chi connectivity index (χ4n) is 9.25. The van der Waals surface area contributed by atoms with Crippen molar-refractivity contribution >= 4 is 49.6 Å². The van der Waals surface area contributed by atoms with E-state index in [4.69, 9.17) is 0 Å². The minimum atomic E-state index is 0. The summed E-state index contributed by atoms with van der Waals surface area (Å²) >= 11 is 1.47. The zero-order valence-electron chi connectivity index (χ0n) is 40.1. The molecule has 0 aliphatic heterocycles. The summed E-state index contributed by atoms with van der Waals surface area (Å²) in [5, 5.41) is 5.36. The van der Waals surface area contributed by atoms with E-state index >= 15 is 0 Å². The first kappa shape index (κ1) is 51.8. The third kappa shape index (κ3) is 12.4. The van der Waals surface area contributed by atoms with E-state index in [2.05, 4.69) is 266 Å². The molecule has 9 aromatic rings. The Labute approximate surface area is 433 Å². The Morgan fingerprint density at radius 3 is 1.01 bits per heavy atom. The molecule has 0 unspecified atom stereocenters. The fraction of sp³-hybridized carbons (Fsp3) is 0.169. The average Bonchev–Trinajstić information content (AvgIpc) is 4.05. The molecule has 1 aliphatic rings. The zero-order valence-corrected chi connectivity index (χ0v) is 44.2. The predicted molar refractivity (Wildman–Crippen MR) is 296 cm³/mol. The van der Waals surface area contributed by atoms with Crippen molar-refractivity contribution in [3.63, 3.8) is 0 Å². The van der Waals surface area contributed by atoms with Crippen LogP contribution < -0.4 is 0 Å². The number of fused-ring (bicyclic) bond motifs is 3. The number of rotatable bonds is 8. The van der Waals surface area contributed by atoms with Gasteiger partial charge >= 0.3 is 183 Å². The minimum absolute atomic E-state index is 0. The van der Waals surface area contributed by atoms with Crippen LogP contribution in [0.3, 0.4) is 0 Å². The molecule has 9 aromatic carbocycles. The van der Waals surface area contributed by atoms with Gasteiger partial charge in [-0.05, 0) is 44.2 Å². The van der Waals surface area contributed by atoms with Crippen molar-refractivity contribution in [2.24, 2.45) is 0 Å². The third-order valence-corrected chi connectivity index (χ3v) is 13.9. The quantitative estimate of drug-likeness (QED) is 0.133. The molecule has 340 valence electrons. The van der Waals surface area contributed by atoms with E-state index in [-0.39, 0.29) is 47.5 Å². The van der Waals surface area contributed by atoms with Crippen LogP contribution in [0, 0.1) is 6.08 Å². The molecule has 10 rings (SSSR count). The standard InChI is InChI=1S/C33H33.C27H22.C5H5.2ClH.Zr/c1-32(2,3)30-20-26-24(18-28(30)22-13-9-7-10-14-22)17-25-19-29(23-15-11-8-12-16-23)31(21-27(25)26)33(4,5)6;1-5-13-22(14-6-1)26(23-15-7-2-8-16-23)21-27(24-17-9-3-10-18-24)25-19-11-4-12-20-25;1-2-4-5-3-1;;;/h7-21H,1-6H3;1-20,26-27H;1-3H,4H2;2*1H;/q-1;;-1;;;+2. The van der Waals surface area contributed by atoms with E-state index in [1.807, 2.05) is 12.2 Å². The second-order valence-electron chi connectivity index (χ2n) is 19.3. The van der Waals surface area contributed by atoms with Crippen LogP contribution in [-0.2, 0) is 35.1 Å². The Morgan fingerprint density at radius 2 is 0.765 bits per heavy atom. The van der Waals surface area contributed by atoms with Crippen molar-refractivity contribution in [1.82, 2.24) is 0 Å². The number of halogens is 2. The molecule has 0 atom stereocenters. The molecular formula is C65H62Cl2Zr. The molecule has 0 amide bonds. The van der Waals surface area contributed by atoms with Gasteiger partial charge in [0, 0.05) is 0 Å². The molecule has 3 heteroatoms. The monoisotopic (exact) mass is 1000 g/mol. The SMILES string of the molecule is CC(C)(C)c1cc2c(cc1-c1ccccc1)[cH-]c1cc(-c3ccccc3)c(C(C)(C)C)cc12.Cl.Cl.[C-]1=CC=CC1.[Zr+2]=[C](C(c1ccccc1)c1ccccc1)C(c1ccccc1)c1ccccc1. The summed E-state index contributed by atoms with van der Waals surface area (Å²) < 4.78 is 1.53. The molecule has 0 bridgehead atoms. The van der Waals surface area contributed by atoms with Gasteiger partial charge in [0.15, 0.2) is 0 Å². The molecule has 0 heterocycles. The van der Waals surface area contributed by atoms with Gasteiger partial charge in [0.25, 0.3) is 0 Å². The first-order valence-corrected chi connectivity index (χ1v) is 24.5. The molecule has 68 heavy (non-hydrogen) atoms. The van der Waals surface area contributed by atoms with E-state index in [1.165, 1.54) is 105 Å². The van der Waals surface area contributed by atoms with Crippen molar-refractivity contribution in [3.05, 3.63) is 270 Å². The van der Waals surface area contributed by atoms with Gasteiger partial charge in [0.05, 0.1) is 0 Å². The average molecular weight is 1010 g/mol. The Hall–Kier alpha value is -5.56. The summed E-state index contributed by atoms with van der Waals surface area (Å²) in [4.78, 5) is 0. The fourth-order valence-corrected chi connectivity index (χ4v) is 10.9. The van der Waals surface area contributed by atoms with Gasteiger partial charge in [0.1, 0.15) is 0 Å². The van der Waals surface area contributed by atoms with Crippen LogP contribution >= 0.6 is 24.8 Å². The Morgan fingerprint density at radius 1 is 0.456 bits per heavy atom. The van der Waals surface area contributed by atoms with E-state index in [9.17, 15) is 0 Å². The van der Waals surface area contributed by atoms with E-state index < -0.39 is 0 Å². The molecule has 0 radical (unpaired) electrons. The van der Waals surface area contributed by atoms with E-state index in [0.717, 1.165) is 6.42 Å². The Balaban J connectivity index is 0.000000199. The molecule has 0 spiro atoms. The van der Waals surface area contributed by atoms with Gasteiger partial charge in [0.2, 0.25) is 0 Å². The van der Waals surface area contributed by atoms with Gasteiger partial charge in [-0.2, -0.15) is 6.08 Å². The predicted octanol–water partition coefficient (Wildman–Crippen LogP) is 18.2. The summed E-state index contributed by atoms with van der Waals surface area (Å²) in [6.45, 7) is 13.9. The summed E-state index contributed by atoms with van der Waals surface area (Å²) in [6.07, 6.45) is 10.0. The van der Waals surface area contributed by atoms with Gasteiger partial charge in [-0.3, -0.25) is 6.08 Å². The van der Waals surface area contributed by atoms with Crippen LogP contribution in [0.25, 0.3) is 43.8 Å². The van der Waals surface area contributed by atoms with Gasteiger partial charge in [-0.15, -0.1) is 71.0 Å². The molecule has 0 saturated heterocycles. The molecular weight excluding hydrogens is 943 g/mol. The first-order chi connectivity index (χ1) is 32.0. The van der Waals surface area contributed by atoms with Crippen molar-refractivity contribution in [3.8, 4) is 22.3 Å². The van der Waals surface area contributed by atoms with Crippen molar-refractivity contribution in [2.45, 2.75) is 70.6 Å². The van der Waals surface area contributed by atoms with Crippen LogP contribution in [-0.4, -0.2) is 3.21 Å². The Bertz CT molecular complexity index is 2760. The number of hydrogen-bond acceptors (Lipinski definition) is 0. The molecule has 0 saturated carbocycles. The molecule has 0 nitrogen and oxygen atoms in total. The normalized spacial score (nSPS) is 11.9. The maximum atomic E-state index is 2.99. The van der Waals surface area contributed by atoms with Crippen molar-refractivity contribution < 1.29 is 24.2 Å². The first-order valence-electron chi connectivity index (χ1n) is 23.3. The van der Waals surface area contributed by atoms with Crippen LogP contribution in [0.15, 0.2) is 231 Å². The summed E-state index contributed by atoms with van der Waals surface area (Å²) in [7, 11) is 0. The van der Waals surface area contributed by atoms with Gasteiger partial charge in [-0.25, -0.2) is 12.2 Å². The summed E-state index contributed by atoms with van der Waals surface area (Å²) in [5.41, 5.74) is 13.6. The molecule has 0 N–H and O–H groups in total.